The molecule has 0 spiro atoms. The predicted octanol–water partition coefficient (Wildman–Crippen LogP) is 10.9. The molecular formula is C37H24N2S. The number of hydrogen-bond donors (Lipinski definition) is 0. The highest BCUT2D eigenvalue weighted by atomic mass is 32.1. The second kappa shape index (κ2) is 9.33. The molecule has 0 aliphatic heterocycles. The van der Waals surface area contributed by atoms with E-state index in [4.69, 9.17) is 0 Å². The number of rotatable bonds is 4. The van der Waals surface area contributed by atoms with Crippen molar-refractivity contribution < 1.29 is 0 Å². The summed E-state index contributed by atoms with van der Waals surface area (Å²) in [7, 11) is 0. The van der Waals surface area contributed by atoms with Gasteiger partial charge in [0.05, 0.1) is 10.4 Å². The molecule has 0 radical (unpaired) electrons. The molecule has 2 nitrogen and oxygen atoms in total. The second-order valence-electron chi connectivity index (χ2n) is 10.1. The highest BCUT2D eigenvalue weighted by Crippen LogP contribution is 2.45. The Balaban J connectivity index is 1.38. The van der Waals surface area contributed by atoms with Crippen LogP contribution in [0.4, 0.5) is 17.1 Å². The molecule has 188 valence electrons. The third-order valence-corrected chi connectivity index (χ3v) is 8.87. The highest BCUT2D eigenvalue weighted by Gasteiger charge is 2.19. The lowest BCUT2D eigenvalue weighted by Gasteiger charge is -2.27. The molecule has 0 fully saturated rings. The summed E-state index contributed by atoms with van der Waals surface area (Å²) in [5.74, 6) is 0. The first kappa shape index (κ1) is 22.9. The Morgan fingerprint density at radius 1 is 0.475 bits per heavy atom. The monoisotopic (exact) mass is 528 g/mol. The van der Waals surface area contributed by atoms with Crippen molar-refractivity contribution in [1.82, 2.24) is 4.98 Å². The van der Waals surface area contributed by atoms with E-state index in [1.165, 1.54) is 48.1 Å². The van der Waals surface area contributed by atoms with Gasteiger partial charge in [-0.15, -0.1) is 11.3 Å². The third-order valence-electron chi connectivity index (χ3n) is 7.72. The average molecular weight is 529 g/mol. The minimum Gasteiger partial charge on any atom is -0.309 e. The van der Waals surface area contributed by atoms with E-state index in [0.29, 0.717) is 0 Å². The molecule has 8 aromatic rings. The Kier molecular flexibility index (Phi) is 5.35. The topological polar surface area (TPSA) is 16.1 Å². The van der Waals surface area contributed by atoms with Crippen molar-refractivity contribution in [2.24, 2.45) is 0 Å². The van der Waals surface area contributed by atoms with Gasteiger partial charge in [-0.3, -0.25) is 0 Å². The standard InChI is InChI=1S/C37H24N2S/c1-2-8-25(9-3-1)26-17-20-29(21-18-26)39(35-14-6-12-32-33-13-7-23-38-37(33)40-36(32)35)30-22-19-28-16-15-27-10-4-5-11-31(27)34(28)24-30/h1-24H. The molecular weight excluding hydrogens is 504 g/mol. The van der Waals surface area contributed by atoms with E-state index >= 15 is 0 Å². The average Bonchev–Trinajstić information content (AvgIpc) is 3.41. The van der Waals surface area contributed by atoms with Crippen molar-refractivity contribution in [3.8, 4) is 11.1 Å². The van der Waals surface area contributed by atoms with Gasteiger partial charge in [0, 0.05) is 28.3 Å². The first-order valence-electron chi connectivity index (χ1n) is 13.5. The highest BCUT2D eigenvalue weighted by molar-refractivity contribution is 7.26. The molecule has 3 heteroatoms. The van der Waals surface area contributed by atoms with E-state index in [-0.39, 0.29) is 0 Å². The van der Waals surface area contributed by atoms with Gasteiger partial charge in [0.1, 0.15) is 4.83 Å². The molecule has 0 bridgehead atoms. The summed E-state index contributed by atoms with van der Waals surface area (Å²) in [6.45, 7) is 0. The zero-order valence-corrected chi connectivity index (χ0v) is 22.5. The summed E-state index contributed by atoms with van der Waals surface area (Å²) in [4.78, 5) is 8.14. The summed E-state index contributed by atoms with van der Waals surface area (Å²) in [6.07, 6.45) is 1.88. The maximum atomic E-state index is 4.68. The summed E-state index contributed by atoms with van der Waals surface area (Å²) in [5, 5.41) is 7.46. The Morgan fingerprint density at radius 3 is 2.02 bits per heavy atom. The lowest BCUT2D eigenvalue weighted by molar-refractivity contribution is 1.31. The summed E-state index contributed by atoms with van der Waals surface area (Å²) in [5.41, 5.74) is 5.84. The van der Waals surface area contributed by atoms with E-state index in [0.717, 1.165) is 21.9 Å². The molecule has 40 heavy (non-hydrogen) atoms. The second-order valence-corrected chi connectivity index (χ2v) is 11.1. The minimum atomic E-state index is 1.06. The predicted molar refractivity (Wildman–Crippen MR) is 172 cm³/mol. The Morgan fingerprint density at radius 2 is 1.15 bits per heavy atom. The third kappa shape index (κ3) is 3.75. The molecule has 0 saturated heterocycles. The van der Waals surface area contributed by atoms with Crippen LogP contribution < -0.4 is 4.90 Å². The van der Waals surface area contributed by atoms with Crippen molar-refractivity contribution in [1.29, 1.82) is 0 Å². The fourth-order valence-corrected chi connectivity index (χ4v) is 6.93. The number of hydrogen-bond acceptors (Lipinski definition) is 3. The number of benzene rings is 6. The molecule has 0 unspecified atom stereocenters. The zero-order chi connectivity index (χ0) is 26.5. The van der Waals surface area contributed by atoms with Crippen LogP contribution in [0.1, 0.15) is 0 Å². The van der Waals surface area contributed by atoms with Crippen molar-refractivity contribution in [2.75, 3.05) is 4.90 Å². The van der Waals surface area contributed by atoms with Gasteiger partial charge in [0.15, 0.2) is 0 Å². The van der Waals surface area contributed by atoms with Crippen LogP contribution in [0.25, 0.3) is 53.0 Å². The SMILES string of the molecule is c1ccc(-c2ccc(N(c3ccc4ccc5ccccc5c4c3)c3cccc4c3sc3ncccc34)cc2)cc1. The summed E-state index contributed by atoms with van der Waals surface area (Å²) in [6, 6.07) is 50.2. The maximum Gasteiger partial charge on any atom is 0.124 e. The number of thiophene rings is 1. The minimum absolute atomic E-state index is 1.06. The van der Waals surface area contributed by atoms with Crippen LogP contribution in [0.3, 0.4) is 0 Å². The molecule has 8 rings (SSSR count). The van der Waals surface area contributed by atoms with E-state index in [1.807, 2.05) is 12.3 Å². The van der Waals surface area contributed by atoms with E-state index < -0.39 is 0 Å². The smallest absolute Gasteiger partial charge is 0.124 e. The van der Waals surface area contributed by atoms with Crippen molar-refractivity contribution in [2.45, 2.75) is 0 Å². The largest absolute Gasteiger partial charge is 0.309 e. The normalized spacial score (nSPS) is 11.5. The number of anilines is 3. The van der Waals surface area contributed by atoms with Crippen LogP contribution in [-0.2, 0) is 0 Å². The molecule has 0 atom stereocenters. The molecule has 0 aliphatic rings. The van der Waals surface area contributed by atoms with Crippen LogP contribution in [0.5, 0.6) is 0 Å². The first-order chi connectivity index (χ1) is 19.8. The molecule has 0 aliphatic carbocycles. The number of aromatic nitrogens is 1. The molecule has 0 N–H and O–H groups in total. The molecule has 2 heterocycles. The first-order valence-corrected chi connectivity index (χ1v) is 14.3. The van der Waals surface area contributed by atoms with Gasteiger partial charge in [-0.25, -0.2) is 4.98 Å². The fourth-order valence-electron chi connectivity index (χ4n) is 5.78. The van der Waals surface area contributed by atoms with Gasteiger partial charge in [-0.1, -0.05) is 97.1 Å². The van der Waals surface area contributed by atoms with Crippen molar-refractivity contribution in [3.05, 3.63) is 146 Å². The quantitative estimate of drug-likeness (QED) is 0.211. The van der Waals surface area contributed by atoms with Gasteiger partial charge < -0.3 is 4.90 Å². The molecule has 2 aromatic heterocycles. The van der Waals surface area contributed by atoms with Crippen LogP contribution >= 0.6 is 11.3 Å². The number of nitrogens with zero attached hydrogens (tertiary/aromatic N) is 2. The lowest BCUT2D eigenvalue weighted by Crippen LogP contribution is -2.10. The van der Waals surface area contributed by atoms with E-state index in [2.05, 4.69) is 143 Å². The van der Waals surface area contributed by atoms with Gasteiger partial charge in [-0.2, -0.15) is 0 Å². The summed E-state index contributed by atoms with van der Waals surface area (Å²) < 4.78 is 1.24. The van der Waals surface area contributed by atoms with E-state index in [9.17, 15) is 0 Å². The zero-order valence-electron chi connectivity index (χ0n) is 21.7. The van der Waals surface area contributed by atoms with Crippen LogP contribution in [0.15, 0.2) is 146 Å². The Hall–Kier alpha value is -4.99. The Bertz CT molecular complexity index is 2160. The number of fused-ring (bicyclic) bond motifs is 6. The van der Waals surface area contributed by atoms with Crippen LogP contribution in [0.2, 0.25) is 0 Å². The summed E-state index contributed by atoms with van der Waals surface area (Å²) >= 11 is 1.76. The fraction of sp³-hybridized carbons (Fsp3) is 0. The van der Waals surface area contributed by atoms with Gasteiger partial charge in [0.25, 0.3) is 0 Å². The molecule has 0 saturated carbocycles. The van der Waals surface area contributed by atoms with Crippen molar-refractivity contribution in [3.63, 3.8) is 0 Å². The lowest BCUT2D eigenvalue weighted by atomic mass is 10.0. The molecule has 6 aromatic carbocycles. The van der Waals surface area contributed by atoms with Gasteiger partial charge >= 0.3 is 0 Å². The number of pyridine rings is 1. The van der Waals surface area contributed by atoms with Gasteiger partial charge in [-0.05, 0) is 75.1 Å². The molecule has 0 amide bonds. The maximum absolute atomic E-state index is 4.68. The van der Waals surface area contributed by atoms with E-state index in [1.54, 1.807) is 11.3 Å². The van der Waals surface area contributed by atoms with Gasteiger partial charge in [0.2, 0.25) is 0 Å². The van der Waals surface area contributed by atoms with Crippen molar-refractivity contribution >= 4 is 70.2 Å². The Labute approximate surface area is 236 Å². The van der Waals surface area contributed by atoms with Crippen LogP contribution in [0, 0.1) is 0 Å². The van der Waals surface area contributed by atoms with Crippen LogP contribution in [-0.4, -0.2) is 4.98 Å².